The summed E-state index contributed by atoms with van der Waals surface area (Å²) in [4.78, 5) is 29.4. The maximum Gasteiger partial charge on any atom is 0.236 e. The minimum Gasteiger partial charge on any atom is -0.342 e. The molecule has 0 aliphatic carbocycles. The Labute approximate surface area is 207 Å². The van der Waals surface area contributed by atoms with Crippen LogP contribution in [0, 0.1) is 0 Å². The van der Waals surface area contributed by atoms with Crippen molar-refractivity contribution in [1.29, 1.82) is 0 Å². The predicted molar refractivity (Wildman–Crippen MR) is 140 cm³/mol. The number of benzene rings is 2. The molecule has 2 aromatic heterocycles. The number of carbonyl (C=O) groups excluding carboxylic acids is 1. The molecule has 0 saturated carbocycles. The zero-order chi connectivity index (χ0) is 22.9. The Bertz CT molecular complexity index is 1220. The Morgan fingerprint density at radius 1 is 0.794 bits per heavy atom. The number of hydrogen-bond donors (Lipinski definition) is 0. The van der Waals surface area contributed by atoms with Crippen LogP contribution < -0.4 is 0 Å². The Hall–Kier alpha value is -2.39. The van der Waals surface area contributed by atoms with E-state index in [1.54, 1.807) is 11.3 Å². The number of aromatic nitrogens is 2. The zero-order valence-electron chi connectivity index (χ0n) is 19.2. The van der Waals surface area contributed by atoms with Crippen molar-refractivity contribution in [2.24, 2.45) is 0 Å². The average Bonchev–Trinajstić information content (AvgIpc) is 3.49. The number of carbonyl (C=O) groups is 1. The minimum atomic E-state index is 0.280. The highest BCUT2D eigenvalue weighted by molar-refractivity contribution is 7.18. The molecule has 0 atom stereocenters. The van der Waals surface area contributed by atoms with Crippen molar-refractivity contribution < 1.29 is 4.79 Å². The van der Waals surface area contributed by atoms with Crippen molar-refractivity contribution >= 4 is 49.0 Å². The molecule has 34 heavy (non-hydrogen) atoms. The van der Waals surface area contributed by atoms with E-state index in [1.807, 2.05) is 23.5 Å². The number of thiazole rings is 2. The molecule has 6 rings (SSSR count). The average molecular weight is 492 g/mol. The Morgan fingerprint density at radius 3 is 2.09 bits per heavy atom. The number of rotatable bonds is 5. The molecule has 0 bridgehead atoms. The molecule has 2 fully saturated rings. The van der Waals surface area contributed by atoms with E-state index >= 15 is 0 Å². The summed E-state index contributed by atoms with van der Waals surface area (Å²) in [6.45, 7) is 7.00. The normalized spacial score (nSPS) is 18.8. The zero-order valence-corrected chi connectivity index (χ0v) is 20.9. The van der Waals surface area contributed by atoms with Gasteiger partial charge in [0.05, 0.1) is 38.5 Å². The lowest BCUT2D eigenvalue weighted by atomic mass is 9.97. The number of piperazine rings is 1. The lowest BCUT2D eigenvalue weighted by molar-refractivity contribution is -0.133. The van der Waals surface area contributed by atoms with Crippen molar-refractivity contribution in [1.82, 2.24) is 24.7 Å². The van der Waals surface area contributed by atoms with Gasteiger partial charge in [-0.25, -0.2) is 9.97 Å². The fourth-order valence-corrected chi connectivity index (χ4v) is 7.16. The first kappa shape index (κ1) is 22.1. The quantitative estimate of drug-likeness (QED) is 0.413. The molecule has 0 unspecified atom stereocenters. The smallest absolute Gasteiger partial charge is 0.236 e. The SMILES string of the molecule is O=C(CN1CCN(Cc2nc3ccccc3s2)CC1)N1CCC(c2nc3ccccc3s2)CC1. The van der Waals surface area contributed by atoms with Gasteiger partial charge in [0.25, 0.3) is 0 Å². The summed E-state index contributed by atoms with van der Waals surface area (Å²) in [6.07, 6.45) is 2.03. The van der Waals surface area contributed by atoms with Gasteiger partial charge in [0, 0.05) is 45.2 Å². The van der Waals surface area contributed by atoms with Gasteiger partial charge in [0.15, 0.2) is 0 Å². The Balaban J connectivity index is 0.965. The van der Waals surface area contributed by atoms with Crippen LogP contribution in [-0.2, 0) is 11.3 Å². The number of nitrogens with zero attached hydrogens (tertiary/aromatic N) is 5. The molecule has 4 aromatic rings. The maximum atomic E-state index is 13.0. The molecular formula is C26H29N5OS2. The molecule has 0 spiro atoms. The summed E-state index contributed by atoms with van der Waals surface area (Å²) in [5, 5.41) is 2.42. The van der Waals surface area contributed by atoms with Crippen molar-refractivity contribution in [3.05, 3.63) is 58.5 Å². The van der Waals surface area contributed by atoms with Crippen LogP contribution in [0.1, 0.15) is 28.8 Å². The first-order valence-corrected chi connectivity index (χ1v) is 13.8. The van der Waals surface area contributed by atoms with Crippen molar-refractivity contribution in [2.45, 2.75) is 25.3 Å². The minimum absolute atomic E-state index is 0.280. The van der Waals surface area contributed by atoms with Crippen molar-refractivity contribution in [3.8, 4) is 0 Å². The van der Waals surface area contributed by atoms with E-state index in [4.69, 9.17) is 9.97 Å². The Morgan fingerprint density at radius 2 is 1.41 bits per heavy atom. The summed E-state index contributed by atoms with van der Waals surface area (Å²) in [5.41, 5.74) is 2.20. The molecule has 0 radical (unpaired) electrons. The number of hydrogen-bond acceptors (Lipinski definition) is 7. The third kappa shape index (κ3) is 4.73. The first-order valence-electron chi connectivity index (χ1n) is 12.1. The highest BCUT2D eigenvalue weighted by atomic mass is 32.1. The summed E-state index contributed by atoms with van der Waals surface area (Å²) >= 11 is 3.60. The number of amides is 1. The number of piperidine rings is 1. The van der Waals surface area contributed by atoms with Gasteiger partial charge in [0.2, 0.25) is 5.91 Å². The maximum absolute atomic E-state index is 13.0. The van der Waals surface area contributed by atoms with E-state index in [-0.39, 0.29) is 5.91 Å². The second kappa shape index (κ2) is 9.70. The second-order valence-corrected chi connectivity index (χ2v) is 11.5. The molecule has 2 aliphatic rings. The van der Waals surface area contributed by atoms with E-state index in [9.17, 15) is 4.79 Å². The van der Waals surface area contributed by atoms with Crippen LogP contribution in [-0.4, -0.2) is 76.4 Å². The number of fused-ring (bicyclic) bond motifs is 2. The van der Waals surface area contributed by atoms with E-state index in [0.29, 0.717) is 12.5 Å². The van der Waals surface area contributed by atoms with E-state index in [2.05, 4.69) is 51.1 Å². The molecule has 0 N–H and O–H groups in total. The topological polar surface area (TPSA) is 52.6 Å². The first-order chi connectivity index (χ1) is 16.7. The van der Waals surface area contributed by atoms with Crippen LogP contribution in [0.15, 0.2) is 48.5 Å². The molecular weight excluding hydrogens is 462 g/mol. The number of para-hydroxylation sites is 2. The van der Waals surface area contributed by atoms with Gasteiger partial charge in [0.1, 0.15) is 5.01 Å². The largest absolute Gasteiger partial charge is 0.342 e. The lowest BCUT2D eigenvalue weighted by Gasteiger charge is -2.36. The van der Waals surface area contributed by atoms with Gasteiger partial charge < -0.3 is 4.90 Å². The van der Waals surface area contributed by atoms with Gasteiger partial charge >= 0.3 is 0 Å². The summed E-state index contributed by atoms with van der Waals surface area (Å²) in [7, 11) is 0. The van der Waals surface area contributed by atoms with E-state index in [0.717, 1.165) is 69.7 Å². The summed E-state index contributed by atoms with van der Waals surface area (Å²) < 4.78 is 2.52. The van der Waals surface area contributed by atoms with Crippen LogP contribution in [0.5, 0.6) is 0 Å². The monoisotopic (exact) mass is 491 g/mol. The van der Waals surface area contributed by atoms with Crippen molar-refractivity contribution in [3.63, 3.8) is 0 Å². The van der Waals surface area contributed by atoms with Gasteiger partial charge in [-0.3, -0.25) is 14.6 Å². The van der Waals surface area contributed by atoms with Gasteiger partial charge in [-0.1, -0.05) is 24.3 Å². The fourth-order valence-electron chi connectivity index (χ4n) is 5.02. The fraction of sp³-hybridized carbons (Fsp3) is 0.423. The highest BCUT2D eigenvalue weighted by Crippen LogP contribution is 2.33. The van der Waals surface area contributed by atoms with Crippen LogP contribution in [0.25, 0.3) is 20.4 Å². The van der Waals surface area contributed by atoms with Crippen LogP contribution in [0.3, 0.4) is 0 Å². The third-order valence-electron chi connectivity index (χ3n) is 7.03. The molecule has 2 aliphatic heterocycles. The molecule has 2 aromatic carbocycles. The van der Waals surface area contributed by atoms with Crippen LogP contribution in [0.2, 0.25) is 0 Å². The second-order valence-electron chi connectivity index (χ2n) is 9.30. The lowest BCUT2D eigenvalue weighted by Crippen LogP contribution is -2.50. The van der Waals surface area contributed by atoms with E-state index in [1.165, 1.54) is 19.4 Å². The number of likely N-dealkylation sites (tertiary alicyclic amines) is 1. The molecule has 4 heterocycles. The van der Waals surface area contributed by atoms with Crippen molar-refractivity contribution in [2.75, 3.05) is 45.8 Å². The van der Waals surface area contributed by atoms with Crippen LogP contribution >= 0.6 is 22.7 Å². The van der Waals surface area contributed by atoms with Gasteiger partial charge in [-0.15, -0.1) is 22.7 Å². The molecule has 6 nitrogen and oxygen atoms in total. The standard InChI is InChI=1S/C26H29N5OS2/c32-25(31-11-9-19(10-12-31)26-28-21-6-2-4-8-23(21)34-26)18-30-15-13-29(14-16-30)17-24-27-20-5-1-3-7-22(20)33-24/h1-8,19H,9-18H2. The highest BCUT2D eigenvalue weighted by Gasteiger charge is 2.28. The predicted octanol–water partition coefficient (Wildman–Crippen LogP) is 4.43. The van der Waals surface area contributed by atoms with Gasteiger partial charge in [-0.2, -0.15) is 0 Å². The van der Waals surface area contributed by atoms with E-state index < -0.39 is 0 Å². The van der Waals surface area contributed by atoms with Crippen LogP contribution in [0.4, 0.5) is 0 Å². The Kier molecular flexibility index (Phi) is 6.30. The third-order valence-corrected chi connectivity index (χ3v) is 9.25. The summed E-state index contributed by atoms with van der Waals surface area (Å²) in [5.74, 6) is 0.759. The molecule has 1 amide bonds. The molecule has 176 valence electrons. The van der Waals surface area contributed by atoms with Gasteiger partial charge in [-0.05, 0) is 37.1 Å². The summed E-state index contributed by atoms with van der Waals surface area (Å²) in [6, 6.07) is 16.7. The molecule has 2 saturated heterocycles. The molecule has 8 heteroatoms.